The Labute approximate surface area is 89.9 Å². The smallest absolute Gasteiger partial charge is 0.175 e. The molecule has 0 saturated heterocycles. The van der Waals surface area contributed by atoms with Gasteiger partial charge in [-0.15, -0.1) is 10.2 Å². The minimum absolute atomic E-state index is 0.299. The van der Waals surface area contributed by atoms with Gasteiger partial charge in [0.05, 0.1) is 6.07 Å². The fraction of sp³-hybridized carbons (Fsp3) is 0.571. The van der Waals surface area contributed by atoms with Crippen LogP contribution in [0.3, 0.4) is 0 Å². The van der Waals surface area contributed by atoms with Crippen LogP contribution in [-0.2, 0) is 0 Å². The molecule has 0 aliphatic heterocycles. The lowest BCUT2D eigenvalue weighted by Gasteiger charge is -2.00. The van der Waals surface area contributed by atoms with Gasteiger partial charge >= 0.3 is 0 Å². The summed E-state index contributed by atoms with van der Waals surface area (Å²) in [6.45, 7) is 2.02. The second-order valence-electron chi connectivity index (χ2n) is 2.33. The maximum Gasteiger partial charge on any atom is 0.175 e. The standard InChI is InChI=1S/C7H9N3S3/c1-5(3-4-8)12-7-10-9-6(11-2)13-7/h5H,3H2,1-2H3. The highest BCUT2D eigenvalue weighted by Gasteiger charge is 2.08. The molecule has 1 aromatic heterocycles. The summed E-state index contributed by atoms with van der Waals surface area (Å²) in [6, 6.07) is 2.14. The Bertz CT molecular complexity index is 304. The second-order valence-corrected chi connectivity index (χ2v) is 6.05. The van der Waals surface area contributed by atoms with Crippen LogP contribution in [0.5, 0.6) is 0 Å². The fourth-order valence-corrected chi connectivity index (χ4v) is 3.35. The van der Waals surface area contributed by atoms with Crippen LogP contribution >= 0.6 is 34.9 Å². The lowest BCUT2D eigenvalue weighted by Crippen LogP contribution is -1.92. The highest BCUT2D eigenvalue weighted by atomic mass is 32.2. The van der Waals surface area contributed by atoms with Crippen molar-refractivity contribution in [2.75, 3.05) is 6.26 Å². The van der Waals surface area contributed by atoms with Crippen LogP contribution in [-0.4, -0.2) is 21.7 Å². The average molecular weight is 231 g/mol. The number of rotatable bonds is 4. The number of thioether (sulfide) groups is 2. The van der Waals surface area contributed by atoms with Crippen LogP contribution in [0, 0.1) is 11.3 Å². The summed E-state index contributed by atoms with van der Waals surface area (Å²) < 4.78 is 1.93. The van der Waals surface area contributed by atoms with Crippen molar-refractivity contribution >= 4 is 34.9 Å². The normalized spacial score (nSPS) is 12.4. The molecule has 1 unspecified atom stereocenters. The molecule has 6 heteroatoms. The molecule has 0 spiro atoms. The van der Waals surface area contributed by atoms with Crippen molar-refractivity contribution < 1.29 is 0 Å². The molecular formula is C7H9N3S3. The zero-order chi connectivity index (χ0) is 9.68. The molecular weight excluding hydrogens is 222 g/mol. The predicted molar refractivity (Wildman–Crippen MR) is 57.2 cm³/mol. The van der Waals surface area contributed by atoms with E-state index >= 15 is 0 Å². The maximum atomic E-state index is 8.47. The van der Waals surface area contributed by atoms with Crippen LogP contribution in [0.25, 0.3) is 0 Å². The van der Waals surface area contributed by atoms with E-state index in [0.29, 0.717) is 11.7 Å². The summed E-state index contributed by atoms with van der Waals surface area (Å²) in [6.07, 6.45) is 2.53. The van der Waals surface area contributed by atoms with Gasteiger partial charge in [-0.1, -0.05) is 41.8 Å². The lowest BCUT2D eigenvalue weighted by molar-refractivity contribution is 0.940. The molecule has 1 heterocycles. The topological polar surface area (TPSA) is 49.6 Å². The summed E-state index contributed by atoms with van der Waals surface area (Å²) >= 11 is 4.79. The molecule has 1 aromatic rings. The minimum Gasteiger partial charge on any atom is -0.198 e. The van der Waals surface area contributed by atoms with Crippen molar-refractivity contribution in [3.05, 3.63) is 0 Å². The third-order valence-electron chi connectivity index (χ3n) is 1.24. The first kappa shape index (κ1) is 10.8. The van der Waals surface area contributed by atoms with Gasteiger partial charge in [-0.05, 0) is 6.26 Å². The summed E-state index contributed by atoms with van der Waals surface area (Å²) in [4.78, 5) is 0. The van der Waals surface area contributed by atoms with E-state index in [1.54, 1.807) is 34.9 Å². The Morgan fingerprint density at radius 1 is 1.54 bits per heavy atom. The van der Waals surface area contributed by atoms with Gasteiger partial charge in [0.25, 0.3) is 0 Å². The highest BCUT2D eigenvalue weighted by Crippen LogP contribution is 2.30. The SMILES string of the molecule is CSc1nnc(SC(C)CC#N)s1. The van der Waals surface area contributed by atoms with Gasteiger partial charge in [0.1, 0.15) is 0 Å². The fourth-order valence-electron chi connectivity index (χ4n) is 0.670. The number of aromatic nitrogens is 2. The monoisotopic (exact) mass is 231 g/mol. The zero-order valence-electron chi connectivity index (χ0n) is 7.35. The number of hydrogen-bond acceptors (Lipinski definition) is 6. The van der Waals surface area contributed by atoms with E-state index in [9.17, 15) is 0 Å². The quantitative estimate of drug-likeness (QED) is 0.746. The molecule has 70 valence electrons. The van der Waals surface area contributed by atoms with Crippen LogP contribution < -0.4 is 0 Å². The molecule has 0 saturated carbocycles. The van der Waals surface area contributed by atoms with Crippen LogP contribution in [0.1, 0.15) is 13.3 Å². The highest BCUT2D eigenvalue weighted by molar-refractivity contribution is 8.03. The van der Waals surface area contributed by atoms with Crippen molar-refractivity contribution in [3.8, 4) is 6.07 Å². The molecule has 0 fully saturated rings. The molecule has 0 N–H and O–H groups in total. The maximum absolute atomic E-state index is 8.47. The van der Waals surface area contributed by atoms with Crippen LogP contribution in [0.4, 0.5) is 0 Å². The van der Waals surface area contributed by atoms with Crippen LogP contribution in [0.15, 0.2) is 8.68 Å². The molecule has 1 atom stereocenters. The Balaban J connectivity index is 2.49. The molecule has 0 aliphatic rings. The predicted octanol–water partition coefficient (Wildman–Crippen LogP) is 2.65. The number of nitriles is 1. The lowest BCUT2D eigenvalue weighted by atomic mass is 10.4. The molecule has 0 aromatic carbocycles. The largest absolute Gasteiger partial charge is 0.198 e. The van der Waals surface area contributed by atoms with E-state index in [2.05, 4.69) is 16.3 Å². The van der Waals surface area contributed by atoms with Gasteiger partial charge in [0.15, 0.2) is 8.68 Å². The van der Waals surface area contributed by atoms with Crippen LogP contribution in [0.2, 0.25) is 0 Å². The Kier molecular flexibility index (Phi) is 4.56. The van der Waals surface area contributed by atoms with Crippen molar-refractivity contribution in [1.82, 2.24) is 10.2 Å². The van der Waals surface area contributed by atoms with Crippen molar-refractivity contribution in [2.45, 2.75) is 27.3 Å². The average Bonchev–Trinajstić information content (AvgIpc) is 2.52. The van der Waals surface area contributed by atoms with Crippen molar-refractivity contribution in [3.63, 3.8) is 0 Å². The van der Waals surface area contributed by atoms with Crippen molar-refractivity contribution in [1.29, 1.82) is 5.26 Å². The molecule has 0 bridgehead atoms. The molecule has 0 radical (unpaired) electrons. The van der Waals surface area contributed by atoms with E-state index in [0.717, 1.165) is 8.68 Å². The first-order valence-electron chi connectivity index (χ1n) is 3.67. The van der Waals surface area contributed by atoms with E-state index in [1.165, 1.54) is 0 Å². The number of nitrogens with zero attached hydrogens (tertiary/aromatic N) is 3. The van der Waals surface area contributed by atoms with Gasteiger partial charge in [-0.2, -0.15) is 5.26 Å². The molecule has 0 aliphatic carbocycles. The third kappa shape index (κ3) is 3.55. The summed E-state index contributed by atoms with van der Waals surface area (Å²) in [5.41, 5.74) is 0. The number of hydrogen-bond donors (Lipinski definition) is 0. The van der Waals surface area contributed by atoms with Gasteiger partial charge in [-0.25, -0.2) is 0 Å². The first-order chi connectivity index (χ1) is 6.26. The summed E-state index contributed by atoms with van der Waals surface area (Å²) in [7, 11) is 0. The summed E-state index contributed by atoms with van der Waals surface area (Å²) in [5.74, 6) is 0. The Hall–Kier alpha value is -0.250. The Morgan fingerprint density at radius 2 is 2.23 bits per heavy atom. The van der Waals surface area contributed by atoms with Gasteiger partial charge < -0.3 is 0 Å². The van der Waals surface area contributed by atoms with Gasteiger partial charge in [-0.3, -0.25) is 0 Å². The van der Waals surface area contributed by atoms with E-state index in [4.69, 9.17) is 5.26 Å². The molecule has 3 nitrogen and oxygen atoms in total. The van der Waals surface area contributed by atoms with E-state index in [-0.39, 0.29) is 0 Å². The zero-order valence-corrected chi connectivity index (χ0v) is 9.80. The third-order valence-corrected chi connectivity index (χ3v) is 4.33. The minimum atomic E-state index is 0.299. The second kappa shape index (κ2) is 5.47. The van der Waals surface area contributed by atoms with E-state index in [1.807, 2.05) is 13.2 Å². The van der Waals surface area contributed by atoms with Gasteiger partial charge in [0.2, 0.25) is 0 Å². The Morgan fingerprint density at radius 3 is 2.77 bits per heavy atom. The molecule has 13 heavy (non-hydrogen) atoms. The molecule has 0 amide bonds. The van der Waals surface area contributed by atoms with E-state index < -0.39 is 0 Å². The van der Waals surface area contributed by atoms with Gasteiger partial charge in [0, 0.05) is 11.7 Å². The molecule has 1 rings (SSSR count). The first-order valence-corrected chi connectivity index (χ1v) is 6.59. The summed E-state index contributed by atoms with van der Waals surface area (Å²) in [5, 5.41) is 16.8. The van der Waals surface area contributed by atoms with Crippen molar-refractivity contribution in [2.24, 2.45) is 0 Å².